The first-order valence-corrected chi connectivity index (χ1v) is 5.81. The van der Waals surface area contributed by atoms with Crippen LogP contribution in [-0.2, 0) is 0 Å². The maximum absolute atomic E-state index is 5.94. The summed E-state index contributed by atoms with van der Waals surface area (Å²) in [6.07, 6.45) is 2.99. The van der Waals surface area contributed by atoms with Crippen LogP contribution in [0.15, 0.2) is 24.7 Å². The molecule has 2 aromatic rings. The van der Waals surface area contributed by atoms with Crippen molar-refractivity contribution in [3.05, 3.63) is 29.7 Å². The van der Waals surface area contributed by atoms with Crippen LogP contribution in [0.5, 0.6) is 0 Å². The minimum atomic E-state index is 0.455. The van der Waals surface area contributed by atoms with Crippen molar-refractivity contribution < 1.29 is 0 Å². The van der Waals surface area contributed by atoms with E-state index in [1.54, 1.807) is 18.3 Å². The number of nitrogens with zero attached hydrogens (tertiary/aromatic N) is 3. The van der Waals surface area contributed by atoms with Crippen molar-refractivity contribution >= 4 is 34.7 Å². The lowest BCUT2D eigenvalue weighted by molar-refractivity contribution is 1.11. The molecule has 0 radical (unpaired) electrons. The number of hydrogen-bond donors (Lipinski definition) is 3. The molecule has 0 saturated heterocycles. The molecule has 0 aliphatic heterocycles. The highest BCUT2D eigenvalue weighted by atomic mass is 35.5. The Morgan fingerprint density at radius 1 is 1.22 bits per heavy atom. The van der Waals surface area contributed by atoms with E-state index in [0.29, 0.717) is 28.2 Å². The predicted molar refractivity (Wildman–Crippen MR) is 73.1 cm³/mol. The number of aromatic nitrogens is 3. The van der Waals surface area contributed by atoms with E-state index in [0.717, 1.165) is 6.54 Å². The highest BCUT2D eigenvalue weighted by Gasteiger charge is 2.07. The molecule has 2 aromatic heterocycles. The number of nitrogens with two attached hydrogens (primary N) is 1. The first-order chi connectivity index (χ1) is 8.70. The number of anilines is 4. The molecule has 0 spiro atoms. The first kappa shape index (κ1) is 12.4. The van der Waals surface area contributed by atoms with Gasteiger partial charge in [0, 0.05) is 12.7 Å². The van der Waals surface area contributed by atoms with Crippen LogP contribution in [0.4, 0.5) is 23.1 Å². The van der Waals surface area contributed by atoms with Crippen molar-refractivity contribution in [1.29, 1.82) is 0 Å². The number of nitrogens with one attached hydrogen (secondary N) is 2. The first-order valence-electron chi connectivity index (χ1n) is 5.43. The van der Waals surface area contributed by atoms with Crippen LogP contribution in [0.1, 0.15) is 6.92 Å². The molecule has 2 heterocycles. The van der Waals surface area contributed by atoms with Crippen LogP contribution < -0.4 is 16.4 Å². The lowest BCUT2D eigenvalue weighted by atomic mass is 10.4. The third kappa shape index (κ3) is 2.78. The minimum absolute atomic E-state index is 0.455. The van der Waals surface area contributed by atoms with Gasteiger partial charge < -0.3 is 16.4 Å². The Bertz CT molecular complexity index is 528. The summed E-state index contributed by atoms with van der Waals surface area (Å²) >= 11 is 5.76. The third-order valence-electron chi connectivity index (χ3n) is 2.20. The van der Waals surface area contributed by atoms with Crippen LogP contribution in [0, 0.1) is 0 Å². The highest BCUT2D eigenvalue weighted by Crippen LogP contribution is 2.24. The Hall–Kier alpha value is -2.08. The van der Waals surface area contributed by atoms with Gasteiger partial charge in [-0.1, -0.05) is 11.6 Å². The van der Waals surface area contributed by atoms with Gasteiger partial charge >= 0.3 is 0 Å². The van der Waals surface area contributed by atoms with Gasteiger partial charge in [0.25, 0.3) is 0 Å². The predicted octanol–water partition coefficient (Wildman–Crippen LogP) is 2.28. The largest absolute Gasteiger partial charge is 0.393 e. The fourth-order valence-electron chi connectivity index (χ4n) is 1.37. The Balaban J connectivity index is 2.23. The molecule has 0 atom stereocenters. The van der Waals surface area contributed by atoms with Crippen molar-refractivity contribution in [3.63, 3.8) is 0 Å². The Morgan fingerprint density at radius 3 is 2.67 bits per heavy atom. The summed E-state index contributed by atoms with van der Waals surface area (Å²) in [7, 11) is 0. The van der Waals surface area contributed by atoms with Crippen molar-refractivity contribution in [2.75, 3.05) is 22.9 Å². The molecule has 0 aromatic carbocycles. The van der Waals surface area contributed by atoms with Gasteiger partial charge in [0.1, 0.15) is 17.8 Å². The normalized spacial score (nSPS) is 10.1. The Morgan fingerprint density at radius 2 is 2.00 bits per heavy atom. The number of halogens is 1. The van der Waals surface area contributed by atoms with E-state index < -0.39 is 0 Å². The summed E-state index contributed by atoms with van der Waals surface area (Å²) in [5, 5.41) is 6.64. The average Bonchev–Trinajstić information content (AvgIpc) is 2.37. The molecular formula is C11H13ClN6. The van der Waals surface area contributed by atoms with Gasteiger partial charge in [-0.05, 0) is 19.1 Å². The number of nitrogen functional groups attached to an aromatic ring is 1. The topological polar surface area (TPSA) is 88.8 Å². The maximum atomic E-state index is 5.94. The van der Waals surface area contributed by atoms with Gasteiger partial charge in [0.05, 0.1) is 5.02 Å². The maximum Gasteiger partial charge on any atom is 0.160 e. The molecule has 2 rings (SSSR count). The zero-order chi connectivity index (χ0) is 13.0. The summed E-state index contributed by atoms with van der Waals surface area (Å²) < 4.78 is 0. The van der Waals surface area contributed by atoms with Gasteiger partial charge in [0.2, 0.25) is 0 Å². The van der Waals surface area contributed by atoms with Gasteiger partial charge in [-0.2, -0.15) is 0 Å². The van der Waals surface area contributed by atoms with Gasteiger partial charge in [0.15, 0.2) is 11.6 Å². The molecule has 0 bridgehead atoms. The fraction of sp³-hybridized carbons (Fsp3) is 0.182. The smallest absolute Gasteiger partial charge is 0.160 e. The quantitative estimate of drug-likeness (QED) is 0.785. The molecule has 18 heavy (non-hydrogen) atoms. The van der Waals surface area contributed by atoms with Gasteiger partial charge in [-0.25, -0.2) is 15.0 Å². The number of pyridine rings is 1. The standard InChI is InChI=1S/C11H13ClN6/c1-2-14-10-9(13)11(17-6-16-10)18-8-4-3-7(12)5-15-8/h3-6H,2,13H2,1H3,(H2,14,15,16,17,18). The highest BCUT2D eigenvalue weighted by molar-refractivity contribution is 6.30. The molecule has 94 valence electrons. The van der Waals surface area contributed by atoms with Crippen LogP contribution in [-0.4, -0.2) is 21.5 Å². The molecule has 0 aliphatic rings. The van der Waals surface area contributed by atoms with E-state index in [4.69, 9.17) is 17.3 Å². The Kier molecular flexibility index (Phi) is 3.78. The van der Waals surface area contributed by atoms with Crippen LogP contribution >= 0.6 is 11.6 Å². The second-order valence-corrected chi connectivity index (χ2v) is 3.94. The van der Waals surface area contributed by atoms with Gasteiger partial charge in [-0.15, -0.1) is 0 Å². The average molecular weight is 265 g/mol. The molecule has 4 N–H and O–H groups in total. The summed E-state index contributed by atoms with van der Waals surface area (Å²) in [6, 6.07) is 3.48. The van der Waals surface area contributed by atoms with Crippen molar-refractivity contribution in [1.82, 2.24) is 15.0 Å². The van der Waals surface area contributed by atoms with Crippen molar-refractivity contribution in [2.45, 2.75) is 6.92 Å². The second-order valence-electron chi connectivity index (χ2n) is 3.50. The summed E-state index contributed by atoms with van der Waals surface area (Å²) in [4.78, 5) is 12.2. The fourth-order valence-corrected chi connectivity index (χ4v) is 1.49. The molecule has 6 nitrogen and oxygen atoms in total. The van der Waals surface area contributed by atoms with E-state index in [-0.39, 0.29) is 0 Å². The lowest BCUT2D eigenvalue weighted by Crippen LogP contribution is -2.07. The second kappa shape index (κ2) is 5.50. The molecular weight excluding hydrogens is 252 g/mol. The molecule has 0 unspecified atom stereocenters. The van der Waals surface area contributed by atoms with Gasteiger partial charge in [-0.3, -0.25) is 0 Å². The van der Waals surface area contributed by atoms with E-state index in [1.807, 2.05) is 6.92 Å². The van der Waals surface area contributed by atoms with Crippen LogP contribution in [0.25, 0.3) is 0 Å². The summed E-state index contributed by atoms with van der Waals surface area (Å²) in [5.74, 6) is 1.73. The zero-order valence-corrected chi connectivity index (χ0v) is 10.6. The lowest BCUT2D eigenvalue weighted by Gasteiger charge is -2.10. The number of hydrogen-bond acceptors (Lipinski definition) is 6. The summed E-state index contributed by atoms with van der Waals surface area (Å²) in [5.41, 5.74) is 6.40. The molecule has 0 saturated carbocycles. The van der Waals surface area contributed by atoms with E-state index >= 15 is 0 Å². The minimum Gasteiger partial charge on any atom is -0.393 e. The van der Waals surface area contributed by atoms with E-state index in [2.05, 4.69) is 25.6 Å². The third-order valence-corrected chi connectivity index (χ3v) is 2.43. The molecule has 0 aliphatic carbocycles. The van der Waals surface area contributed by atoms with Crippen LogP contribution in [0.3, 0.4) is 0 Å². The van der Waals surface area contributed by atoms with Crippen molar-refractivity contribution in [2.24, 2.45) is 0 Å². The number of rotatable bonds is 4. The summed E-state index contributed by atoms with van der Waals surface area (Å²) in [6.45, 7) is 2.70. The molecule has 0 amide bonds. The van der Waals surface area contributed by atoms with Crippen molar-refractivity contribution in [3.8, 4) is 0 Å². The zero-order valence-electron chi connectivity index (χ0n) is 9.81. The monoisotopic (exact) mass is 264 g/mol. The van der Waals surface area contributed by atoms with Crippen LogP contribution in [0.2, 0.25) is 5.02 Å². The van der Waals surface area contributed by atoms with E-state index in [1.165, 1.54) is 6.33 Å². The SMILES string of the molecule is CCNc1ncnc(Nc2ccc(Cl)cn2)c1N. The molecule has 7 heteroatoms. The van der Waals surface area contributed by atoms with E-state index in [9.17, 15) is 0 Å². The molecule has 0 fully saturated rings. The Labute approximate surface area is 110 Å².